The first-order chi connectivity index (χ1) is 11.0. The molecule has 0 spiro atoms. The van der Waals surface area contributed by atoms with Gasteiger partial charge < -0.3 is 10.1 Å². The number of amides is 1. The van der Waals surface area contributed by atoms with E-state index in [2.05, 4.69) is 5.32 Å². The minimum Gasteiger partial charge on any atom is -0.465 e. The van der Waals surface area contributed by atoms with Gasteiger partial charge in [0.2, 0.25) is 5.91 Å². The van der Waals surface area contributed by atoms with Gasteiger partial charge in [-0.2, -0.15) is 0 Å². The number of benzene rings is 2. The molecule has 2 aromatic carbocycles. The Labute approximate surface area is 135 Å². The van der Waals surface area contributed by atoms with E-state index in [1.54, 1.807) is 24.3 Å². The van der Waals surface area contributed by atoms with Gasteiger partial charge in [0.05, 0.1) is 18.1 Å². The van der Waals surface area contributed by atoms with Gasteiger partial charge in [-0.25, -0.2) is 4.79 Å². The largest absolute Gasteiger partial charge is 0.465 e. The second-order valence-electron chi connectivity index (χ2n) is 5.97. The van der Waals surface area contributed by atoms with Crippen molar-refractivity contribution in [1.29, 1.82) is 0 Å². The number of methoxy groups -OCH3 is 1. The summed E-state index contributed by atoms with van der Waals surface area (Å²) in [5, 5.41) is 2.93. The van der Waals surface area contributed by atoms with E-state index in [1.807, 2.05) is 31.2 Å². The molecule has 1 aliphatic rings. The van der Waals surface area contributed by atoms with Crippen molar-refractivity contribution >= 4 is 17.6 Å². The summed E-state index contributed by atoms with van der Waals surface area (Å²) < 4.78 is 4.70. The lowest BCUT2D eigenvalue weighted by atomic mass is 9.94. The first-order valence-corrected chi connectivity index (χ1v) is 7.62. The van der Waals surface area contributed by atoms with Crippen molar-refractivity contribution in [3.05, 3.63) is 65.2 Å². The number of anilines is 1. The molecule has 1 fully saturated rings. The van der Waals surface area contributed by atoms with Crippen LogP contribution in [0.3, 0.4) is 0 Å². The Morgan fingerprint density at radius 2 is 1.78 bits per heavy atom. The smallest absolute Gasteiger partial charge is 0.337 e. The monoisotopic (exact) mass is 309 g/mol. The van der Waals surface area contributed by atoms with Gasteiger partial charge in [0.15, 0.2) is 0 Å². The van der Waals surface area contributed by atoms with Gasteiger partial charge >= 0.3 is 5.97 Å². The number of carbonyl (C=O) groups excluding carboxylic acids is 2. The van der Waals surface area contributed by atoms with Gasteiger partial charge in [0, 0.05) is 5.69 Å². The molecule has 0 aromatic heterocycles. The predicted molar refractivity (Wildman–Crippen MR) is 88.5 cm³/mol. The molecule has 1 N–H and O–H groups in total. The Kier molecular flexibility index (Phi) is 3.90. The zero-order chi connectivity index (χ0) is 16.4. The number of aryl methyl sites for hydroxylation is 1. The molecule has 0 heterocycles. The highest BCUT2D eigenvalue weighted by molar-refractivity contribution is 6.02. The topological polar surface area (TPSA) is 55.4 Å². The van der Waals surface area contributed by atoms with E-state index in [0.717, 1.165) is 18.4 Å². The van der Waals surface area contributed by atoms with Crippen LogP contribution in [0.4, 0.5) is 5.69 Å². The zero-order valence-electron chi connectivity index (χ0n) is 13.3. The van der Waals surface area contributed by atoms with E-state index in [9.17, 15) is 9.59 Å². The molecule has 0 aliphatic heterocycles. The second kappa shape index (κ2) is 5.88. The second-order valence-corrected chi connectivity index (χ2v) is 5.97. The third kappa shape index (κ3) is 2.97. The molecule has 2 aromatic rings. The Hall–Kier alpha value is -2.62. The number of rotatable bonds is 4. The van der Waals surface area contributed by atoms with E-state index in [4.69, 9.17) is 4.74 Å². The normalized spacial score (nSPS) is 14.9. The number of hydrogen-bond acceptors (Lipinski definition) is 3. The van der Waals surface area contributed by atoms with Crippen molar-refractivity contribution in [2.75, 3.05) is 12.4 Å². The molecule has 23 heavy (non-hydrogen) atoms. The zero-order valence-corrected chi connectivity index (χ0v) is 13.3. The summed E-state index contributed by atoms with van der Waals surface area (Å²) in [4.78, 5) is 24.3. The van der Waals surface area contributed by atoms with E-state index >= 15 is 0 Å². The van der Waals surface area contributed by atoms with E-state index in [1.165, 1.54) is 12.7 Å². The van der Waals surface area contributed by atoms with Crippen LogP contribution >= 0.6 is 0 Å². The number of carbonyl (C=O) groups is 2. The van der Waals surface area contributed by atoms with Crippen molar-refractivity contribution in [2.45, 2.75) is 25.2 Å². The molecule has 0 atom stereocenters. The Morgan fingerprint density at radius 1 is 1.09 bits per heavy atom. The quantitative estimate of drug-likeness (QED) is 0.880. The van der Waals surface area contributed by atoms with E-state index < -0.39 is 11.4 Å². The third-order valence-corrected chi connectivity index (χ3v) is 4.33. The molecule has 1 aliphatic carbocycles. The summed E-state index contributed by atoms with van der Waals surface area (Å²) in [6, 6.07) is 14.9. The average Bonchev–Trinajstić information content (AvgIpc) is 3.37. The summed E-state index contributed by atoms with van der Waals surface area (Å²) >= 11 is 0. The Bertz CT molecular complexity index is 745. The molecule has 0 unspecified atom stereocenters. The molecule has 118 valence electrons. The van der Waals surface area contributed by atoms with Crippen LogP contribution in [0.1, 0.15) is 34.3 Å². The van der Waals surface area contributed by atoms with Crippen LogP contribution in [0, 0.1) is 6.92 Å². The van der Waals surface area contributed by atoms with Crippen LogP contribution in [0.2, 0.25) is 0 Å². The van der Waals surface area contributed by atoms with E-state index in [-0.39, 0.29) is 5.91 Å². The Balaban J connectivity index is 1.79. The number of nitrogens with one attached hydrogen (secondary N) is 1. The standard InChI is InChI=1S/C19H19NO3/c1-13-6-8-15(9-7-13)19(10-11-19)18(22)20-16-5-3-4-14(12-16)17(21)23-2/h3-9,12H,10-11H2,1-2H3,(H,20,22). The van der Waals surface area contributed by atoms with Crippen LogP contribution in [-0.4, -0.2) is 19.0 Å². The first kappa shape index (κ1) is 15.3. The van der Waals surface area contributed by atoms with Crippen LogP contribution in [-0.2, 0) is 14.9 Å². The molecule has 0 saturated heterocycles. The molecular formula is C19H19NO3. The van der Waals surface area contributed by atoms with Crippen molar-refractivity contribution in [3.63, 3.8) is 0 Å². The lowest BCUT2D eigenvalue weighted by Crippen LogP contribution is -2.27. The SMILES string of the molecule is COC(=O)c1cccc(NC(=O)C2(c3ccc(C)cc3)CC2)c1. The minimum atomic E-state index is -0.436. The summed E-state index contributed by atoms with van der Waals surface area (Å²) in [6.45, 7) is 2.03. The van der Waals surface area contributed by atoms with Gasteiger partial charge in [-0.05, 0) is 43.5 Å². The minimum absolute atomic E-state index is 0.0247. The number of esters is 1. The highest BCUT2D eigenvalue weighted by Crippen LogP contribution is 2.49. The summed E-state index contributed by atoms with van der Waals surface area (Å²) in [7, 11) is 1.34. The third-order valence-electron chi connectivity index (χ3n) is 4.33. The van der Waals surface area contributed by atoms with Crippen molar-refractivity contribution in [1.82, 2.24) is 0 Å². The molecule has 0 radical (unpaired) electrons. The highest BCUT2D eigenvalue weighted by Gasteiger charge is 2.51. The highest BCUT2D eigenvalue weighted by atomic mass is 16.5. The molecule has 4 nitrogen and oxygen atoms in total. The lowest BCUT2D eigenvalue weighted by molar-refractivity contribution is -0.118. The number of ether oxygens (including phenoxy) is 1. The fourth-order valence-corrected chi connectivity index (χ4v) is 2.74. The maximum Gasteiger partial charge on any atom is 0.337 e. The molecular weight excluding hydrogens is 290 g/mol. The van der Waals surface area contributed by atoms with Crippen LogP contribution in [0.5, 0.6) is 0 Å². The average molecular weight is 309 g/mol. The molecule has 4 heteroatoms. The number of hydrogen-bond donors (Lipinski definition) is 1. The fraction of sp³-hybridized carbons (Fsp3) is 0.263. The summed E-state index contributed by atoms with van der Waals surface area (Å²) in [5.74, 6) is -0.441. The van der Waals surface area contributed by atoms with Gasteiger partial charge in [-0.1, -0.05) is 35.9 Å². The molecule has 0 bridgehead atoms. The fourth-order valence-electron chi connectivity index (χ4n) is 2.74. The maximum atomic E-state index is 12.7. The van der Waals surface area contributed by atoms with Gasteiger partial charge in [0.1, 0.15) is 0 Å². The molecule has 3 rings (SSSR count). The van der Waals surface area contributed by atoms with Crippen molar-refractivity contribution in [2.24, 2.45) is 0 Å². The summed E-state index contributed by atoms with van der Waals surface area (Å²) in [6.07, 6.45) is 1.69. The van der Waals surface area contributed by atoms with Crippen LogP contribution < -0.4 is 5.32 Å². The van der Waals surface area contributed by atoms with E-state index in [0.29, 0.717) is 11.3 Å². The van der Waals surface area contributed by atoms with Gasteiger partial charge in [-0.15, -0.1) is 0 Å². The predicted octanol–water partition coefficient (Wildman–Crippen LogP) is 3.45. The lowest BCUT2D eigenvalue weighted by Gasteiger charge is -2.16. The van der Waals surface area contributed by atoms with Crippen LogP contribution in [0.15, 0.2) is 48.5 Å². The van der Waals surface area contributed by atoms with Crippen molar-refractivity contribution < 1.29 is 14.3 Å². The molecule has 1 saturated carbocycles. The van der Waals surface area contributed by atoms with Gasteiger partial charge in [-0.3, -0.25) is 4.79 Å². The van der Waals surface area contributed by atoms with Crippen LogP contribution in [0.25, 0.3) is 0 Å². The maximum absolute atomic E-state index is 12.7. The van der Waals surface area contributed by atoms with Gasteiger partial charge in [0.25, 0.3) is 0 Å². The first-order valence-electron chi connectivity index (χ1n) is 7.62. The molecule has 1 amide bonds. The Morgan fingerprint density at radius 3 is 2.39 bits per heavy atom. The summed E-state index contributed by atoms with van der Waals surface area (Å²) in [5.41, 5.74) is 2.82. The van der Waals surface area contributed by atoms with Crippen molar-refractivity contribution in [3.8, 4) is 0 Å².